The number of rotatable bonds is 9. The van der Waals surface area contributed by atoms with Gasteiger partial charge in [-0.15, -0.1) is 0 Å². The Hall–Kier alpha value is -3.32. The van der Waals surface area contributed by atoms with Crippen LogP contribution in [0.1, 0.15) is 21.0 Å². The number of amides is 2. The van der Waals surface area contributed by atoms with E-state index in [0.29, 0.717) is 0 Å². The van der Waals surface area contributed by atoms with Gasteiger partial charge in [-0.3, -0.25) is 9.59 Å². The third-order valence-corrected chi connectivity index (χ3v) is 4.00. The van der Waals surface area contributed by atoms with Gasteiger partial charge in [-0.05, 0) is 0 Å². The number of hydrogen-bond acceptors (Lipinski definition) is 6. The molecule has 0 saturated carbocycles. The van der Waals surface area contributed by atoms with E-state index in [1.165, 1.54) is 38.0 Å². The molecule has 0 bridgehead atoms. The molecule has 0 aliphatic carbocycles. The van der Waals surface area contributed by atoms with Crippen molar-refractivity contribution in [1.29, 1.82) is 0 Å². The van der Waals surface area contributed by atoms with Gasteiger partial charge >= 0.3 is 13.2 Å². The number of carbonyl (C=O) groups excluding carboxylic acids is 2. The molecule has 10 nitrogen and oxygen atoms in total. The second-order valence-corrected chi connectivity index (χ2v) is 6.19. The zero-order chi connectivity index (χ0) is 22.6. The lowest BCUT2D eigenvalue weighted by molar-refractivity contribution is -0.0559. The van der Waals surface area contributed by atoms with Crippen LogP contribution in [0.3, 0.4) is 0 Å². The molecule has 0 spiro atoms. The first-order valence-electron chi connectivity index (χ1n) is 8.48. The molecule has 0 fully saturated rings. The SMILES string of the molecule is CN(CCN(C)C(=O)c1cc(OC(F)F)n(C)n1)C(=O)c1cc(OC(F)F)n(C)n1. The number of aryl methyl sites for hydroxylation is 2. The molecule has 2 heterocycles. The largest absolute Gasteiger partial charge is 0.417 e. The van der Waals surface area contributed by atoms with E-state index >= 15 is 0 Å². The van der Waals surface area contributed by atoms with E-state index in [4.69, 9.17) is 0 Å². The normalized spacial score (nSPS) is 11.1. The van der Waals surface area contributed by atoms with Crippen molar-refractivity contribution in [2.75, 3.05) is 27.2 Å². The molecule has 0 aromatic carbocycles. The van der Waals surface area contributed by atoms with Gasteiger partial charge in [-0.1, -0.05) is 0 Å². The van der Waals surface area contributed by atoms with Crippen LogP contribution in [0.15, 0.2) is 12.1 Å². The first-order chi connectivity index (χ1) is 14.0. The third-order valence-electron chi connectivity index (χ3n) is 4.00. The number of hydrogen-bond donors (Lipinski definition) is 0. The number of nitrogens with zero attached hydrogens (tertiary/aromatic N) is 6. The van der Waals surface area contributed by atoms with Crippen LogP contribution in [-0.2, 0) is 14.1 Å². The van der Waals surface area contributed by atoms with Gasteiger partial charge < -0.3 is 19.3 Å². The Kier molecular flexibility index (Phi) is 7.24. The highest BCUT2D eigenvalue weighted by Crippen LogP contribution is 2.17. The Morgan fingerprint density at radius 1 is 0.867 bits per heavy atom. The molecule has 0 unspecified atom stereocenters. The first kappa shape index (κ1) is 23.0. The number of carbonyl (C=O) groups is 2. The molecular formula is C16H20F4N6O4. The van der Waals surface area contributed by atoms with E-state index in [-0.39, 0.29) is 36.2 Å². The number of ether oxygens (including phenoxy) is 2. The van der Waals surface area contributed by atoms with Gasteiger partial charge in [0.15, 0.2) is 11.4 Å². The monoisotopic (exact) mass is 436 g/mol. The summed E-state index contributed by atoms with van der Waals surface area (Å²) in [6.07, 6.45) is 0. The summed E-state index contributed by atoms with van der Waals surface area (Å²) in [6, 6.07) is 2.16. The van der Waals surface area contributed by atoms with Gasteiger partial charge in [0.25, 0.3) is 11.8 Å². The van der Waals surface area contributed by atoms with E-state index < -0.39 is 25.0 Å². The van der Waals surface area contributed by atoms with Crippen LogP contribution < -0.4 is 9.47 Å². The predicted molar refractivity (Wildman–Crippen MR) is 93.6 cm³/mol. The van der Waals surface area contributed by atoms with E-state index in [9.17, 15) is 27.2 Å². The van der Waals surface area contributed by atoms with Gasteiger partial charge in [0.05, 0.1) is 0 Å². The molecule has 0 aliphatic heterocycles. The molecule has 0 atom stereocenters. The van der Waals surface area contributed by atoms with Gasteiger partial charge in [0, 0.05) is 53.4 Å². The zero-order valence-corrected chi connectivity index (χ0v) is 16.6. The Balaban J connectivity index is 1.96. The van der Waals surface area contributed by atoms with Gasteiger partial charge in [0.1, 0.15) is 0 Å². The minimum Gasteiger partial charge on any atom is -0.417 e. The fourth-order valence-electron chi connectivity index (χ4n) is 2.41. The molecule has 14 heteroatoms. The van der Waals surface area contributed by atoms with E-state index in [1.54, 1.807) is 0 Å². The summed E-state index contributed by atoms with van der Waals surface area (Å²) in [5.74, 6) is -1.68. The Morgan fingerprint density at radius 2 is 1.20 bits per heavy atom. The van der Waals surface area contributed by atoms with Crippen LogP contribution >= 0.6 is 0 Å². The lowest BCUT2D eigenvalue weighted by Crippen LogP contribution is -2.37. The summed E-state index contributed by atoms with van der Waals surface area (Å²) in [7, 11) is 5.58. The molecule has 2 amide bonds. The quantitative estimate of drug-likeness (QED) is 0.549. The fraction of sp³-hybridized carbons (Fsp3) is 0.500. The molecule has 2 rings (SSSR count). The number of alkyl halides is 4. The average Bonchev–Trinajstić information content (AvgIpc) is 3.20. The summed E-state index contributed by atoms with van der Waals surface area (Å²) in [5.41, 5.74) is -0.216. The summed E-state index contributed by atoms with van der Waals surface area (Å²) in [4.78, 5) is 27.3. The first-order valence-corrected chi connectivity index (χ1v) is 8.48. The van der Waals surface area contributed by atoms with Crippen LogP contribution in [0.2, 0.25) is 0 Å². The second-order valence-electron chi connectivity index (χ2n) is 6.19. The van der Waals surface area contributed by atoms with Crippen LogP contribution in [0.25, 0.3) is 0 Å². The van der Waals surface area contributed by atoms with Crippen LogP contribution in [0, 0.1) is 0 Å². The Morgan fingerprint density at radius 3 is 1.50 bits per heavy atom. The summed E-state index contributed by atoms with van der Waals surface area (Å²) in [6.45, 7) is -5.95. The number of likely N-dealkylation sites (N-methyl/N-ethyl adjacent to an activating group) is 2. The summed E-state index contributed by atoms with van der Waals surface area (Å²) >= 11 is 0. The van der Waals surface area contributed by atoms with Crippen molar-refractivity contribution in [3.05, 3.63) is 23.5 Å². The summed E-state index contributed by atoms with van der Waals surface area (Å²) in [5, 5.41) is 7.66. The highest BCUT2D eigenvalue weighted by molar-refractivity contribution is 5.93. The maximum atomic E-state index is 12.4. The number of aromatic nitrogens is 4. The van der Waals surface area contributed by atoms with E-state index in [2.05, 4.69) is 19.7 Å². The van der Waals surface area contributed by atoms with Crippen molar-refractivity contribution in [1.82, 2.24) is 29.4 Å². The predicted octanol–water partition coefficient (Wildman–Crippen LogP) is 1.20. The van der Waals surface area contributed by atoms with Crippen molar-refractivity contribution in [3.8, 4) is 11.8 Å². The second kappa shape index (κ2) is 9.45. The minimum atomic E-state index is -3.06. The van der Waals surface area contributed by atoms with E-state index in [0.717, 1.165) is 21.5 Å². The smallest absolute Gasteiger partial charge is 0.388 e. The van der Waals surface area contributed by atoms with Gasteiger partial charge in [0.2, 0.25) is 11.8 Å². The van der Waals surface area contributed by atoms with Gasteiger partial charge in [-0.2, -0.15) is 27.8 Å². The Labute approximate surface area is 168 Å². The third kappa shape index (κ3) is 5.61. The molecule has 2 aromatic heterocycles. The lowest BCUT2D eigenvalue weighted by atomic mass is 10.3. The van der Waals surface area contributed by atoms with Crippen molar-refractivity contribution in [2.24, 2.45) is 14.1 Å². The van der Waals surface area contributed by atoms with Crippen molar-refractivity contribution < 1.29 is 36.6 Å². The number of halogens is 4. The lowest BCUT2D eigenvalue weighted by Gasteiger charge is -2.21. The van der Waals surface area contributed by atoms with Crippen molar-refractivity contribution in [2.45, 2.75) is 13.2 Å². The van der Waals surface area contributed by atoms with Crippen LogP contribution in [0.5, 0.6) is 11.8 Å². The molecule has 166 valence electrons. The zero-order valence-electron chi connectivity index (χ0n) is 16.6. The topological polar surface area (TPSA) is 94.7 Å². The standard InChI is InChI=1S/C16H20F4N6O4/c1-23(13(27)9-7-11(25(3)21-9)29-15(17)18)5-6-24(2)14(28)10-8-12(26(4)22-10)30-16(19)20/h7-8,15-16H,5-6H2,1-4H3. The van der Waals surface area contributed by atoms with Crippen molar-refractivity contribution >= 4 is 11.8 Å². The molecule has 0 radical (unpaired) electrons. The van der Waals surface area contributed by atoms with E-state index in [1.807, 2.05) is 0 Å². The fourth-order valence-corrected chi connectivity index (χ4v) is 2.41. The van der Waals surface area contributed by atoms with Gasteiger partial charge in [-0.25, -0.2) is 9.36 Å². The van der Waals surface area contributed by atoms with Crippen molar-refractivity contribution in [3.63, 3.8) is 0 Å². The minimum absolute atomic E-state index is 0.0793. The van der Waals surface area contributed by atoms with Crippen LogP contribution in [0.4, 0.5) is 17.6 Å². The summed E-state index contributed by atoms with van der Waals surface area (Å²) < 4.78 is 59.8. The molecular weight excluding hydrogens is 416 g/mol. The highest BCUT2D eigenvalue weighted by atomic mass is 19.3. The van der Waals surface area contributed by atoms with Crippen LogP contribution in [-0.4, -0.2) is 81.6 Å². The molecule has 2 aromatic rings. The molecule has 0 saturated heterocycles. The molecule has 0 aliphatic rings. The molecule has 0 N–H and O–H groups in total. The average molecular weight is 436 g/mol. The maximum Gasteiger partial charge on any atom is 0.388 e. The maximum absolute atomic E-state index is 12.4. The highest BCUT2D eigenvalue weighted by Gasteiger charge is 2.22. The molecule has 30 heavy (non-hydrogen) atoms. The Bertz CT molecular complexity index is 828.